The van der Waals surface area contributed by atoms with Crippen LogP contribution in [0.2, 0.25) is 0 Å². The maximum atomic E-state index is 14.1. The molecule has 33 heavy (non-hydrogen) atoms. The van der Waals surface area contributed by atoms with Gasteiger partial charge in [0.1, 0.15) is 5.82 Å². The number of piperazine rings is 1. The van der Waals surface area contributed by atoms with Crippen LogP contribution < -0.4 is 4.72 Å². The highest BCUT2D eigenvalue weighted by Gasteiger charge is 2.23. The molecule has 0 spiro atoms. The second-order valence-corrected chi connectivity index (χ2v) is 11.1. The number of carbonyl (C=O) groups excluding carboxylic acids is 1. The highest BCUT2D eigenvalue weighted by molar-refractivity contribution is 7.92. The van der Waals surface area contributed by atoms with Crippen LogP contribution in [0.15, 0.2) is 54.6 Å². The molecule has 1 N–H and O–H groups in total. The molecule has 3 aromatic rings. The molecule has 2 aromatic carbocycles. The van der Waals surface area contributed by atoms with E-state index in [0.29, 0.717) is 29.9 Å². The third-order valence-corrected chi connectivity index (χ3v) is 7.31. The zero-order valence-corrected chi connectivity index (χ0v) is 20.2. The monoisotopic (exact) mass is 487 g/mol. The molecule has 1 amide bonds. The summed E-state index contributed by atoms with van der Waals surface area (Å²) in [5.74, 6) is -0.326. The van der Waals surface area contributed by atoms with Crippen molar-refractivity contribution in [2.24, 2.45) is 0 Å². The summed E-state index contributed by atoms with van der Waals surface area (Å²) in [5.41, 5.74) is 2.26. The fraction of sp³-hybridized carbons (Fsp3) is 0.292. The van der Waals surface area contributed by atoms with Crippen LogP contribution in [0.4, 0.5) is 10.1 Å². The number of amides is 1. The number of hydrogen-bond acceptors (Lipinski definition) is 5. The maximum absolute atomic E-state index is 14.1. The number of sulfonamides is 1. The second kappa shape index (κ2) is 9.62. The molecule has 2 heterocycles. The summed E-state index contributed by atoms with van der Waals surface area (Å²) in [6.45, 7) is 5.20. The normalized spacial score (nSPS) is 14.9. The van der Waals surface area contributed by atoms with Gasteiger partial charge in [-0.25, -0.2) is 12.8 Å². The van der Waals surface area contributed by atoms with E-state index in [1.54, 1.807) is 53.5 Å². The zero-order valence-electron chi connectivity index (χ0n) is 18.5. The number of benzene rings is 2. The van der Waals surface area contributed by atoms with Crippen LogP contribution in [0.5, 0.6) is 0 Å². The van der Waals surface area contributed by atoms with Gasteiger partial charge in [0, 0.05) is 53.6 Å². The highest BCUT2D eigenvalue weighted by Crippen LogP contribution is 2.31. The third kappa shape index (κ3) is 5.79. The average Bonchev–Trinajstić information content (AvgIpc) is 3.23. The summed E-state index contributed by atoms with van der Waals surface area (Å²) in [7, 11) is -3.42. The van der Waals surface area contributed by atoms with Crippen molar-refractivity contribution in [3.05, 3.63) is 76.4 Å². The van der Waals surface area contributed by atoms with Gasteiger partial charge in [0.2, 0.25) is 10.0 Å². The van der Waals surface area contributed by atoms with E-state index in [4.69, 9.17) is 0 Å². The highest BCUT2D eigenvalue weighted by atomic mass is 32.2. The minimum atomic E-state index is -3.42. The number of anilines is 1. The number of hydrogen-bond donors (Lipinski definition) is 1. The first-order valence-corrected chi connectivity index (χ1v) is 13.3. The van der Waals surface area contributed by atoms with Crippen molar-refractivity contribution in [2.75, 3.05) is 37.2 Å². The van der Waals surface area contributed by atoms with E-state index >= 15 is 0 Å². The minimum Gasteiger partial charge on any atom is -0.336 e. The Labute approximate surface area is 197 Å². The lowest BCUT2D eigenvalue weighted by Gasteiger charge is -2.34. The Morgan fingerprint density at radius 2 is 1.79 bits per heavy atom. The second-order valence-electron chi connectivity index (χ2n) is 8.22. The summed E-state index contributed by atoms with van der Waals surface area (Å²) < 4.78 is 39.7. The zero-order chi connectivity index (χ0) is 23.6. The Kier molecular flexibility index (Phi) is 6.83. The van der Waals surface area contributed by atoms with Gasteiger partial charge in [-0.15, -0.1) is 11.3 Å². The first-order valence-electron chi connectivity index (χ1n) is 10.6. The van der Waals surface area contributed by atoms with Crippen molar-refractivity contribution in [1.82, 2.24) is 9.80 Å². The summed E-state index contributed by atoms with van der Waals surface area (Å²) in [6, 6.07) is 15.9. The SMILES string of the molecule is Cc1ccc(C(=O)N2CCN(Cc3ccc(-c4ccccc4F)s3)CC2)cc1NS(C)(=O)=O. The standard InChI is InChI=1S/C24H26FN3O3S2/c1-17-7-8-18(15-22(17)26-33(2,30)31)24(29)28-13-11-27(12-14-28)16-19-9-10-23(32-19)20-5-3-4-6-21(20)25/h3-10,15,26H,11-14,16H2,1-2H3. The van der Waals surface area contributed by atoms with Gasteiger partial charge in [-0.1, -0.05) is 24.3 Å². The van der Waals surface area contributed by atoms with E-state index < -0.39 is 10.0 Å². The fourth-order valence-electron chi connectivity index (χ4n) is 3.85. The molecule has 1 saturated heterocycles. The molecular weight excluding hydrogens is 461 g/mol. The molecule has 1 aromatic heterocycles. The Morgan fingerprint density at radius 1 is 1.06 bits per heavy atom. The Hall–Kier alpha value is -2.75. The van der Waals surface area contributed by atoms with E-state index in [1.807, 2.05) is 18.2 Å². The third-order valence-electron chi connectivity index (χ3n) is 5.62. The van der Waals surface area contributed by atoms with Crippen LogP contribution in [-0.4, -0.2) is 56.6 Å². The van der Waals surface area contributed by atoms with Crippen LogP contribution in [0, 0.1) is 12.7 Å². The molecule has 1 aliphatic rings. The molecule has 1 aliphatic heterocycles. The van der Waals surface area contributed by atoms with Crippen molar-refractivity contribution in [3.63, 3.8) is 0 Å². The van der Waals surface area contributed by atoms with Gasteiger partial charge in [0.25, 0.3) is 5.91 Å². The summed E-state index contributed by atoms with van der Waals surface area (Å²) in [5, 5.41) is 0. The fourth-order valence-corrected chi connectivity index (χ4v) is 5.54. The van der Waals surface area contributed by atoms with Crippen LogP contribution in [-0.2, 0) is 16.6 Å². The van der Waals surface area contributed by atoms with Crippen LogP contribution in [0.25, 0.3) is 10.4 Å². The van der Waals surface area contributed by atoms with Gasteiger partial charge < -0.3 is 4.90 Å². The predicted molar refractivity (Wildman–Crippen MR) is 131 cm³/mol. The molecule has 0 bridgehead atoms. The first-order chi connectivity index (χ1) is 15.7. The number of nitrogens with zero attached hydrogens (tertiary/aromatic N) is 2. The quantitative estimate of drug-likeness (QED) is 0.566. The van der Waals surface area contributed by atoms with Crippen molar-refractivity contribution < 1.29 is 17.6 Å². The van der Waals surface area contributed by atoms with Gasteiger partial charge >= 0.3 is 0 Å². The molecule has 1 fully saturated rings. The van der Waals surface area contributed by atoms with E-state index in [1.165, 1.54) is 6.07 Å². The molecule has 0 saturated carbocycles. The number of nitrogens with one attached hydrogen (secondary N) is 1. The van der Waals surface area contributed by atoms with E-state index in [9.17, 15) is 17.6 Å². The van der Waals surface area contributed by atoms with Crippen molar-refractivity contribution in [2.45, 2.75) is 13.5 Å². The molecule has 0 atom stereocenters. The number of rotatable bonds is 6. The molecule has 0 radical (unpaired) electrons. The minimum absolute atomic E-state index is 0.107. The molecular formula is C24H26FN3O3S2. The number of carbonyl (C=O) groups is 1. The summed E-state index contributed by atoms with van der Waals surface area (Å²) in [4.78, 5) is 19.1. The lowest BCUT2D eigenvalue weighted by molar-refractivity contribution is 0.0629. The first kappa shape index (κ1) is 23.4. The van der Waals surface area contributed by atoms with Crippen LogP contribution in [0.3, 0.4) is 0 Å². The van der Waals surface area contributed by atoms with Crippen LogP contribution >= 0.6 is 11.3 Å². The predicted octanol–water partition coefficient (Wildman–Crippen LogP) is 4.19. The number of aryl methyl sites for hydroxylation is 1. The van der Waals surface area contributed by atoms with Crippen molar-refractivity contribution in [3.8, 4) is 10.4 Å². The van der Waals surface area contributed by atoms with Gasteiger partial charge in [-0.05, 0) is 42.8 Å². The molecule has 4 rings (SSSR count). The molecule has 0 unspecified atom stereocenters. The lowest BCUT2D eigenvalue weighted by Crippen LogP contribution is -2.48. The molecule has 174 valence electrons. The van der Waals surface area contributed by atoms with E-state index in [-0.39, 0.29) is 11.7 Å². The Bertz CT molecular complexity index is 1270. The number of halogens is 1. The molecule has 0 aliphatic carbocycles. The van der Waals surface area contributed by atoms with Gasteiger partial charge in [0.15, 0.2) is 0 Å². The van der Waals surface area contributed by atoms with E-state index in [2.05, 4.69) is 9.62 Å². The van der Waals surface area contributed by atoms with Gasteiger partial charge in [-0.3, -0.25) is 14.4 Å². The summed E-state index contributed by atoms with van der Waals surface area (Å²) >= 11 is 1.59. The molecule has 6 nitrogen and oxygen atoms in total. The Morgan fingerprint density at radius 3 is 2.48 bits per heavy atom. The lowest BCUT2D eigenvalue weighted by atomic mass is 10.1. The van der Waals surface area contributed by atoms with Crippen molar-refractivity contribution in [1.29, 1.82) is 0 Å². The Balaban J connectivity index is 1.36. The molecule has 9 heteroatoms. The van der Waals surface area contributed by atoms with E-state index in [0.717, 1.165) is 41.2 Å². The average molecular weight is 488 g/mol. The topological polar surface area (TPSA) is 69.7 Å². The number of thiophene rings is 1. The largest absolute Gasteiger partial charge is 0.336 e. The van der Waals surface area contributed by atoms with Crippen LogP contribution in [0.1, 0.15) is 20.8 Å². The van der Waals surface area contributed by atoms with Gasteiger partial charge in [-0.2, -0.15) is 0 Å². The maximum Gasteiger partial charge on any atom is 0.254 e. The summed E-state index contributed by atoms with van der Waals surface area (Å²) in [6.07, 6.45) is 1.09. The van der Waals surface area contributed by atoms with Crippen molar-refractivity contribution >= 4 is 33.0 Å². The van der Waals surface area contributed by atoms with Gasteiger partial charge in [0.05, 0.1) is 11.9 Å². The smallest absolute Gasteiger partial charge is 0.254 e.